The van der Waals surface area contributed by atoms with Crippen molar-refractivity contribution in [3.63, 3.8) is 0 Å². The Morgan fingerprint density at radius 2 is 1.86 bits per heavy atom. The molecule has 1 aromatic carbocycles. The molecule has 3 aliphatic heterocycles. The van der Waals surface area contributed by atoms with Gasteiger partial charge in [-0.05, 0) is 88.9 Å². The van der Waals surface area contributed by atoms with E-state index in [9.17, 15) is 4.79 Å². The monoisotopic (exact) mass is 512 g/mol. The van der Waals surface area contributed by atoms with Crippen molar-refractivity contribution in [1.29, 1.82) is 0 Å². The molecule has 1 amide bonds. The Morgan fingerprint density at radius 1 is 1.08 bits per heavy atom. The highest BCUT2D eigenvalue weighted by atomic mass is 16.1. The highest BCUT2D eigenvalue weighted by Crippen LogP contribution is 2.32. The fourth-order valence-corrected chi connectivity index (χ4v) is 6.62. The number of benzene rings is 1. The minimum Gasteiger partial charge on any atom is -0.353 e. The van der Waals surface area contributed by atoms with E-state index in [-0.39, 0.29) is 11.8 Å². The van der Waals surface area contributed by atoms with Crippen molar-refractivity contribution in [2.75, 3.05) is 52.4 Å². The first-order valence-corrected chi connectivity index (χ1v) is 15.1. The van der Waals surface area contributed by atoms with Crippen LogP contribution in [0.5, 0.6) is 0 Å². The van der Waals surface area contributed by atoms with Gasteiger partial charge in [0.1, 0.15) is 0 Å². The molecule has 4 unspecified atom stereocenters. The van der Waals surface area contributed by atoms with Gasteiger partial charge in [-0.2, -0.15) is 0 Å². The van der Waals surface area contributed by atoms with E-state index in [1.807, 2.05) is 0 Å². The molecular weight excluding hydrogens is 460 g/mol. The van der Waals surface area contributed by atoms with Gasteiger partial charge in [-0.3, -0.25) is 9.69 Å². The van der Waals surface area contributed by atoms with Crippen LogP contribution in [0.4, 0.5) is 0 Å². The van der Waals surface area contributed by atoms with E-state index >= 15 is 0 Å². The fraction of sp³-hybridized carbons (Fsp3) is 0.767. The van der Waals surface area contributed by atoms with Crippen LogP contribution in [0.25, 0.3) is 0 Å². The van der Waals surface area contributed by atoms with E-state index in [0.717, 1.165) is 84.5 Å². The number of hydrogen-bond acceptors (Lipinski definition) is 6. The quantitative estimate of drug-likeness (QED) is 0.387. The molecule has 3 heterocycles. The molecule has 7 heteroatoms. The fourth-order valence-electron chi connectivity index (χ4n) is 6.62. The van der Waals surface area contributed by atoms with Gasteiger partial charge in [0.2, 0.25) is 5.91 Å². The minimum atomic E-state index is 0.0199. The summed E-state index contributed by atoms with van der Waals surface area (Å²) in [7, 11) is 0. The topological polar surface area (TPSA) is 71.7 Å². The zero-order valence-electron chi connectivity index (χ0n) is 23.6. The zero-order valence-corrected chi connectivity index (χ0v) is 23.6. The zero-order chi connectivity index (χ0) is 26.0. The minimum absolute atomic E-state index is 0.0199. The Labute approximate surface area is 225 Å². The van der Waals surface area contributed by atoms with Crippen LogP contribution in [-0.2, 0) is 11.3 Å². The third-order valence-electron chi connectivity index (χ3n) is 8.79. The summed E-state index contributed by atoms with van der Waals surface area (Å²) in [5.74, 6) is 0.246. The number of hydrogen-bond donors (Lipinski definition) is 4. The lowest BCUT2D eigenvalue weighted by molar-refractivity contribution is -0.125. The highest BCUT2D eigenvalue weighted by Gasteiger charge is 2.33. The molecule has 208 valence electrons. The van der Waals surface area contributed by atoms with E-state index in [4.69, 9.17) is 0 Å². The lowest BCUT2D eigenvalue weighted by Crippen LogP contribution is -2.51. The molecule has 4 rings (SSSR count). The van der Waals surface area contributed by atoms with Gasteiger partial charge >= 0.3 is 0 Å². The summed E-state index contributed by atoms with van der Waals surface area (Å²) >= 11 is 0. The molecule has 1 aromatic rings. The average Bonchev–Trinajstić information content (AvgIpc) is 3.18. The summed E-state index contributed by atoms with van der Waals surface area (Å²) in [5.41, 5.74) is 2.82. The molecule has 0 bridgehead atoms. The largest absolute Gasteiger partial charge is 0.353 e. The number of piperidine rings is 2. The van der Waals surface area contributed by atoms with Crippen molar-refractivity contribution in [3.8, 4) is 0 Å². The molecule has 3 saturated heterocycles. The van der Waals surface area contributed by atoms with Crippen molar-refractivity contribution in [3.05, 3.63) is 35.4 Å². The van der Waals surface area contributed by atoms with Crippen LogP contribution >= 0.6 is 0 Å². The van der Waals surface area contributed by atoms with E-state index in [1.54, 1.807) is 0 Å². The molecule has 0 aromatic heterocycles. The Bertz CT molecular complexity index is 816. The Kier molecular flexibility index (Phi) is 11.2. The second-order valence-corrected chi connectivity index (χ2v) is 11.6. The molecule has 37 heavy (non-hydrogen) atoms. The van der Waals surface area contributed by atoms with Crippen LogP contribution in [0.2, 0.25) is 0 Å². The van der Waals surface area contributed by atoms with E-state index in [2.05, 4.69) is 76.1 Å². The number of amides is 1. The van der Waals surface area contributed by atoms with Gasteiger partial charge in [-0.1, -0.05) is 45.0 Å². The first-order chi connectivity index (χ1) is 18.1. The van der Waals surface area contributed by atoms with Crippen molar-refractivity contribution >= 4 is 5.91 Å². The number of rotatable bonds is 10. The SMILES string of the molecule is CCN(CC)C1CC(CC(C)C(=O)NC2CCNCC2)NC(c2cccc(CN3CCCNCC3)c2)C1. The number of carbonyl (C=O) groups is 1. The number of carbonyl (C=O) groups excluding carboxylic acids is 1. The van der Waals surface area contributed by atoms with Crippen LogP contribution in [0.3, 0.4) is 0 Å². The van der Waals surface area contributed by atoms with Crippen LogP contribution in [0.1, 0.15) is 76.5 Å². The van der Waals surface area contributed by atoms with Gasteiger partial charge in [0.25, 0.3) is 0 Å². The van der Waals surface area contributed by atoms with Crippen LogP contribution in [-0.4, -0.2) is 86.2 Å². The van der Waals surface area contributed by atoms with E-state index in [1.165, 1.54) is 24.1 Å². The van der Waals surface area contributed by atoms with Gasteiger partial charge in [0.05, 0.1) is 0 Å². The second-order valence-electron chi connectivity index (χ2n) is 11.6. The smallest absolute Gasteiger partial charge is 0.223 e. The van der Waals surface area contributed by atoms with Gasteiger partial charge < -0.3 is 26.2 Å². The summed E-state index contributed by atoms with van der Waals surface area (Å²) in [4.78, 5) is 18.2. The Balaban J connectivity index is 1.42. The van der Waals surface area contributed by atoms with Gasteiger partial charge in [0, 0.05) is 49.7 Å². The second kappa shape index (κ2) is 14.6. The molecule has 0 radical (unpaired) electrons. The Hall–Kier alpha value is -1.51. The molecule has 4 atom stereocenters. The molecular formula is C30H52N6O. The van der Waals surface area contributed by atoms with Gasteiger partial charge in [-0.25, -0.2) is 0 Å². The molecule has 3 aliphatic rings. The third-order valence-corrected chi connectivity index (χ3v) is 8.79. The maximum absolute atomic E-state index is 13.0. The third kappa shape index (κ3) is 8.49. The molecule has 0 aliphatic carbocycles. The highest BCUT2D eigenvalue weighted by molar-refractivity contribution is 5.78. The first kappa shape index (κ1) is 28.5. The van der Waals surface area contributed by atoms with Crippen molar-refractivity contribution < 1.29 is 4.79 Å². The molecule has 0 spiro atoms. The van der Waals surface area contributed by atoms with E-state index in [0.29, 0.717) is 24.2 Å². The predicted molar refractivity (Wildman–Crippen MR) is 153 cm³/mol. The molecule has 4 N–H and O–H groups in total. The molecule has 0 saturated carbocycles. The normalized spacial score (nSPS) is 27.1. The molecule has 3 fully saturated rings. The number of nitrogens with one attached hydrogen (secondary N) is 4. The first-order valence-electron chi connectivity index (χ1n) is 15.1. The van der Waals surface area contributed by atoms with E-state index < -0.39 is 0 Å². The Morgan fingerprint density at radius 3 is 2.65 bits per heavy atom. The number of nitrogens with zero attached hydrogens (tertiary/aromatic N) is 2. The van der Waals surface area contributed by atoms with Crippen LogP contribution in [0.15, 0.2) is 24.3 Å². The van der Waals surface area contributed by atoms with Crippen molar-refractivity contribution in [1.82, 2.24) is 31.1 Å². The summed E-state index contributed by atoms with van der Waals surface area (Å²) in [5, 5.41) is 14.2. The predicted octanol–water partition coefficient (Wildman–Crippen LogP) is 2.88. The summed E-state index contributed by atoms with van der Waals surface area (Å²) in [6, 6.07) is 10.8. The maximum atomic E-state index is 13.0. The summed E-state index contributed by atoms with van der Waals surface area (Å²) < 4.78 is 0. The van der Waals surface area contributed by atoms with Crippen LogP contribution < -0.4 is 21.3 Å². The van der Waals surface area contributed by atoms with Gasteiger partial charge in [-0.15, -0.1) is 0 Å². The lowest BCUT2D eigenvalue weighted by atomic mass is 9.84. The van der Waals surface area contributed by atoms with Crippen molar-refractivity contribution in [2.24, 2.45) is 5.92 Å². The lowest BCUT2D eigenvalue weighted by Gasteiger charge is -2.42. The summed E-state index contributed by atoms with van der Waals surface area (Å²) in [6.45, 7) is 16.4. The average molecular weight is 513 g/mol. The maximum Gasteiger partial charge on any atom is 0.223 e. The standard InChI is InChI=1S/C30H52N6O/c1-4-36(5-2)28-20-27(18-23(3)30(37)34-26-10-13-32-14-11-26)33-29(21-28)25-9-6-8-24(19-25)22-35-16-7-12-31-15-17-35/h6,8-9,19,23,26-29,31-33H,4-5,7,10-18,20-22H2,1-3H3,(H,34,37). The van der Waals surface area contributed by atoms with Crippen LogP contribution in [0, 0.1) is 5.92 Å². The van der Waals surface area contributed by atoms with Gasteiger partial charge in [0.15, 0.2) is 0 Å². The molecule has 7 nitrogen and oxygen atoms in total. The van der Waals surface area contributed by atoms with Crippen molar-refractivity contribution in [2.45, 2.75) is 90.0 Å². The summed E-state index contributed by atoms with van der Waals surface area (Å²) in [6.07, 6.45) is 6.44.